The molecule has 1 atom stereocenters. The molecule has 1 heterocycles. The van der Waals surface area contributed by atoms with Gasteiger partial charge in [0.15, 0.2) is 0 Å². The van der Waals surface area contributed by atoms with E-state index in [1.54, 1.807) is 23.9 Å². The molecule has 1 N–H and O–H groups in total. The zero-order valence-corrected chi connectivity index (χ0v) is 11.6. The highest BCUT2D eigenvalue weighted by atomic mass is 32.2. The maximum absolute atomic E-state index is 13.8. The number of hydrogen-bond donors (Lipinski definition) is 1. The highest BCUT2D eigenvalue weighted by Gasteiger charge is 2.22. The zero-order chi connectivity index (χ0) is 13.2. The van der Waals surface area contributed by atoms with Crippen molar-refractivity contribution in [3.8, 4) is 0 Å². The second-order valence-corrected chi connectivity index (χ2v) is 5.97. The fourth-order valence-electron chi connectivity index (χ4n) is 2.47. The average Bonchev–Trinajstić information content (AvgIpc) is 2.40. The molecule has 0 saturated heterocycles. The molecule has 0 spiro atoms. The number of halogens is 1. The zero-order valence-electron chi connectivity index (χ0n) is 10.8. The summed E-state index contributed by atoms with van der Waals surface area (Å²) in [4.78, 5) is 0.805. The molecular formula is C16H16FNS. The third-order valence-corrected chi connectivity index (χ3v) is 4.54. The van der Waals surface area contributed by atoms with E-state index in [0.29, 0.717) is 0 Å². The number of aryl methyl sites for hydroxylation is 1. The van der Waals surface area contributed by atoms with Crippen LogP contribution in [0.25, 0.3) is 0 Å². The second kappa shape index (κ2) is 5.25. The molecule has 19 heavy (non-hydrogen) atoms. The van der Waals surface area contributed by atoms with Crippen LogP contribution in [0.1, 0.15) is 23.6 Å². The van der Waals surface area contributed by atoms with E-state index in [1.807, 2.05) is 12.1 Å². The Kier molecular flexibility index (Phi) is 3.47. The van der Waals surface area contributed by atoms with Crippen LogP contribution in [0.5, 0.6) is 0 Å². The number of thioether (sulfide) groups is 1. The molecule has 0 radical (unpaired) electrons. The molecule has 0 bridgehead atoms. The third-order valence-electron chi connectivity index (χ3n) is 3.38. The molecule has 1 aliphatic rings. The molecular weight excluding hydrogens is 257 g/mol. The van der Waals surface area contributed by atoms with Crippen molar-refractivity contribution in [2.75, 3.05) is 11.1 Å². The molecule has 3 rings (SSSR count). The van der Waals surface area contributed by atoms with E-state index in [4.69, 9.17) is 0 Å². The van der Waals surface area contributed by atoms with E-state index in [2.05, 4.69) is 30.4 Å². The van der Waals surface area contributed by atoms with Crippen molar-refractivity contribution in [1.29, 1.82) is 0 Å². The smallest absolute Gasteiger partial charge is 0.137 e. The van der Waals surface area contributed by atoms with Crippen LogP contribution < -0.4 is 5.32 Å². The Morgan fingerprint density at radius 2 is 2.05 bits per heavy atom. The number of benzene rings is 2. The lowest BCUT2D eigenvalue weighted by atomic mass is 10.0. The summed E-state index contributed by atoms with van der Waals surface area (Å²) >= 11 is 1.62. The summed E-state index contributed by atoms with van der Waals surface area (Å²) in [6.07, 6.45) is 1.02. The normalized spacial score (nSPS) is 17.9. The lowest BCUT2D eigenvalue weighted by Crippen LogP contribution is -2.16. The van der Waals surface area contributed by atoms with Gasteiger partial charge in [0.05, 0.1) is 6.04 Å². The number of anilines is 1. The Hall–Kier alpha value is -1.48. The van der Waals surface area contributed by atoms with E-state index < -0.39 is 0 Å². The molecule has 3 heteroatoms. The van der Waals surface area contributed by atoms with Gasteiger partial charge in [-0.2, -0.15) is 0 Å². The summed E-state index contributed by atoms with van der Waals surface area (Å²) in [7, 11) is 0. The van der Waals surface area contributed by atoms with Gasteiger partial charge in [-0.05, 0) is 42.7 Å². The Bertz CT molecular complexity index is 597. The van der Waals surface area contributed by atoms with E-state index in [9.17, 15) is 4.39 Å². The molecule has 98 valence electrons. The minimum Gasteiger partial charge on any atom is -0.378 e. The molecule has 0 fully saturated rings. The number of hydrogen-bond acceptors (Lipinski definition) is 2. The van der Waals surface area contributed by atoms with E-state index in [1.165, 1.54) is 5.56 Å². The highest BCUT2D eigenvalue weighted by Crippen LogP contribution is 2.39. The molecule has 0 saturated carbocycles. The maximum atomic E-state index is 13.8. The largest absolute Gasteiger partial charge is 0.378 e. The maximum Gasteiger partial charge on any atom is 0.137 e. The van der Waals surface area contributed by atoms with Gasteiger partial charge in [-0.3, -0.25) is 0 Å². The Morgan fingerprint density at radius 1 is 1.21 bits per heavy atom. The SMILES string of the molecule is Cc1cccc(NC2CCSc3c(F)cccc32)c1. The quantitative estimate of drug-likeness (QED) is 0.844. The Balaban J connectivity index is 1.90. The van der Waals surface area contributed by atoms with E-state index in [0.717, 1.165) is 28.3 Å². The highest BCUT2D eigenvalue weighted by molar-refractivity contribution is 7.99. The monoisotopic (exact) mass is 273 g/mol. The fraction of sp³-hybridized carbons (Fsp3) is 0.250. The number of rotatable bonds is 2. The van der Waals surface area contributed by atoms with Crippen molar-refractivity contribution in [2.45, 2.75) is 24.3 Å². The molecule has 2 aromatic rings. The van der Waals surface area contributed by atoms with Crippen molar-refractivity contribution in [2.24, 2.45) is 0 Å². The summed E-state index contributed by atoms with van der Waals surface area (Å²) in [5, 5.41) is 3.53. The van der Waals surface area contributed by atoms with Gasteiger partial charge in [0.25, 0.3) is 0 Å². The van der Waals surface area contributed by atoms with Gasteiger partial charge in [0, 0.05) is 16.3 Å². The first-order valence-corrected chi connectivity index (χ1v) is 7.47. The molecule has 0 aromatic heterocycles. The summed E-state index contributed by atoms with van der Waals surface area (Å²) in [6, 6.07) is 13.9. The van der Waals surface area contributed by atoms with Gasteiger partial charge in [0.2, 0.25) is 0 Å². The van der Waals surface area contributed by atoms with Crippen molar-refractivity contribution in [3.05, 3.63) is 59.4 Å². The third kappa shape index (κ3) is 2.61. The predicted octanol–water partition coefficient (Wildman–Crippen LogP) is 4.78. The minimum absolute atomic E-state index is 0.0988. The van der Waals surface area contributed by atoms with Crippen molar-refractivity contribution in [1.82, 2.24) is 0 Å². The van der Waals surface area contributed by atoms with Gasteiger partial charge in [-0.25, -0.2) is 4.39 Å². The van der Waals surface area contributed by atoms with Crippen LogP contribution in [0.3, 0.4) is 0 Å². The Morgan fingerprint density at radius 3 is 2.89 bits per heavy atom. The van der Waals surface area contributed by atoms with Crippen molar-refractivity contribution in [3.63, 3.8) is 0 Å². The van der Waals surface area contributed by atoms with Crippen LogP contribution >= 0.6 is 11.8 Å². The van der Waals surface area contributed by atoms with Crippen molar-refractivity contribution < 1.29 is 4.39 Å². The van der Waals surface area contributed by atoms with E-state index in [-0.39, 0.29) is 11.9 Å². The first kappa shape index (κ1) is 12.5. The van der Waals surface area contributed by atoms with Gasteiger partial charge in [0.1, 0.15) is 5.82 Å². The van der Waals surface area contributed by atoms with Gasteiger partial charge >= 0.3 is 0 Å². The molecule has 0 amide bonds. The van der Waals surface area contributed by atoms with Gasteiger partial charge < -0.3 is 5.32 Å². The number of nitrogens with one attached hydrogen (secondary N) is 1. The summed E-state index contributed by atoms with van der Waals surface area (Å²) in [5.41, 5.74) is 3.42. The van der Waals surface area contributed by atoms with Crippen LogP contribution in [0.2, 0.25) is 0 Å². The molecule has 1 nitrogen and oxygen atoms in total. The topological polar surface area (TPSA) is 12.0 Å². The van der Waals surface area contributed by atoms with Crippen LogP contribution in [-0.4, -0.2) is 5.75 Å². The van der Waals surface area contributed by atoms with Gasteiger partial charge in [-0.1, -0.05) is 24.3 Å². The van der Waals surface area contributed by atoms with Crippen LogP contribution in [-0.2, 0) is 0 Å². The summed E-state index contributed by atoms with van der Waals surface area (Å²) in [6.45, 7) is 2.08. The van der Waals surface area contributed by atoms with Crippen LogP contribution in [0.15, 0.2) is 47.4 Å². The summed E-state index contributed by atoms with van der Waals surface area (Å²) < 4.78 is 13.8. The molecule has 1 unspecified atom stereocenters. The molecule has 0 aliphatic carbocycles. The first-order chi connectivity index (χ1) is 9.24. The first-order valence-electron chi connectivity index (χ1n) is 6.48. The van der Waals surface area contributed by atoms with Crippen molar-refractivity contribution >= 4 is 17.4 Å². The molecule has 1 aliphatic heterocycles. The minimum atomic E-state index is -0.0988. The van der Waals surface area contributed by atoms with Crippen LogP contribution in [0.4, 0.5) is 10.1 Å². The average molecular weight is 273 g/mol. The van der Waals surface area contributed by atoms with Crippen LogP contribution in [0, 0.1) is 12.7 Å². The lowest BCUT2D eigenvalue weighted by molar-refractivity contribution is 0.585. The van der Waals surface area contributed by atoms with Gasteiger partial charge in [-0.15, -0.1) is 11.8 Å². The predicted molar refractivity (Wildman–Crippen MR) is 79.3 cm³/mol. The number of fused-ring (bicyclic) bond motifs is 1. The Labute approximate surface area is 117 Å². The fourth-order valence-corrected chi connectivity index (χ4v) is 3.61. The standard InChI is InChI=1S/C16H16FNS/c1-11-4-2-5-12(10-11)18-15-8-9-19-16-13(15)6-3-7-14(16)17/h2-7,10,15,18H,8-9H2,1H3. The van der Waals surface area contributed by atoms with E-state index >= 15 is 0 Å². The second-order valence-electron chi connectivity index (χ2n) is 4.86. The summed E-state index contributed by atoms with van der Waals surface area (Å²) in [5.74, 6) is 0.857. The molecule has 2 aromatic carbocycles. The lowest BCUT2D eigenvalue weighted by Gasteiger charge is -2.27.